The second-order valence-electron chi connectivity index (χ2n) is 2.40. The molecule has 52 valence electrons. The minimum atomic E-state index is 0.685. The van der Waals surface area contributed by atoms with Crippen LogP contribution in [0.1, 0.15) is 11.1 Å². The summed E-state index contributed by atoms with van der Waals surface area (Å²) < 4.78 is 0. The van der Waals surface area contributed by atoms with Crippen molar-refractivity contribution in [3.05, 3.63) is 34.3 Å². The van der Waals surface area contributed by atoms with Gasteiger partial charge in [-0.25, -0.2) is 0 Å². The highest BCUT2D eigenvalue weighted by Gasteiger charge is 2.14. The second kappa shape index (κ2) is 2.11. The number of nitriles is 1. The predicted molar refractivity (Wildman–Crippen MR) is 44.9 cm³/mol. The lowest BCUT2D eigenvalue weighted by Crippen LogP contribution is -1.95. The Morgan fingerprint density at radius 1 is 1.36 bits per heavy atom. The molecule has 0 bridgehead atoms. The molecular weight excluding hydrogens is 158 g/mol. The molecule has 0 atom stereocenters. The van der Waals surface area contributed by atoms with Crippen molar-refractivity contribution in [1.82, 2.24) is 0 Å². The van der Waals surface area contributed by atoms with E-state index in [2.05, 4.69) is 6.07 Å². The summed E-state index contributed by atoms with van der Waals surface area (Å²) >= 11 is 5.74. The van der Waals surface area contributed by atoms with Crippen molar-refractivity contribution in [2.45, 2.75) is 0 Å². The predicted octanol–water partition coefficient (Wildman–Crippen LogP) is 2.72. The fraction of sp³-hybridized carbons (Fsp3) is 0. The van der Waals surface area contributed by atoms with Crippen LogP contribution >= 0.6 is 11.6 Å². The summed E-state index contributed by atoms with van der Waals surface area (Å²) in [6.07, 6.45) is 1.85. The Balaban J connectivity index is 2.55. The summed E-state index contributed by atoms with van der Waals surface area (Å²) in [7, 11) is 0. The summed E-state index contributed by atoms with van der Waals surface area (Å²) in [4.78, 5) is 0. The molecule has 11 heavy (non-hydrogen) atoms. The quantitative estimate of drug-likeness (QED) is 0.574. The average molecular weight is 162 g/mol. The number of rotatable bonds is 0. The lowest BCUT2D eigenvalue weighted by Gasteiger charge is -2.13. The third kappa shape index (κ3) is 0.840. The molecular formula is C9H4ClN. The van der Waals surface area contributed by atoms with Gasteiger partial charge in [-0.2, -0.15) is 5.26 Å². The van der Waals surface area contributed by atoms with Crippen molar-refractivity contribution in [3.63, 3.8) is 0 Å². The SMILES string of the molecule is N#CC1=Cc2ccc(Cl)cc21. The van der Waals surface area contributed by atoms with Gasteiger partial charge in [-0.1, -0.05) is 17.7 Å². The Bertz CT molecular complexity index is 385. The van der Waals surface area contributed by atoms with Crippen molar-refractivity contribution in [2.24, 2.45) is 0 Å². The van der Waals surface area contributed by atoms with Gasteiger partial charge in [-0.3, -0.25) is 0 Å². The van der Waals surface area contributed by atoms with E-state index >= 15 is 0 Å². The van der Waals surface area contributed by atoms with Gasteiger partial charge in [0, 0.05) is 10.6 Å². The van der Waals surface area contributed by atoms with Crippen LogP contribution in [-0.2, 0) is 0 Å². The van der Waals surface area contributed by atoms with Gasteiger partial charge in [0.15, 0.2) is 0 Å². The molecule has 0 aromatic heterocycles. The van der Waals surface area contributed by atoms with Crippen LogP contribution in [0.25, 0.3) is 11.6 Å². The highest BCUT2D eigenvalue weighted by atomic mass is 35.5. The molecule has 0 radical (unpaired) electrons. The molecule has 0 saturated carbocycles. The van der Waals surface area contributed by atoms with Crippen LogP contribution in [0, 0.1) is 11.3 Å². The van der Waals surface area contributed by atoms with E-state index < -0.39 is 0 Å². The average Bonchev–Trinajstić information content (AvgIpc) is 1.97. The van der Waals surface area contributed by atoms with Crippen molar-refractivity contribution in [1.29, 1.82) is 5.26 Å². The highest BCUT2D eigenvalue weighted by Crippen LogP contribution is 2.33. The molecule has 2 heteroatoms. The minimum Gasteiger partial charge on any atom is -0.192 e. The molecule has 1 aromatic rings. The standard InChI is InChI=1S/C9H4ClN/c10-8-2-1-6-3-7(5-11)9(6)4-8/h1-4H. The van der Waals surface area contributed by atoms with Crippen LogP contribution in [0.15, 0.2) is 18.2 Å². The van der Waals surface area contributed by atoms with Crippen LogP contribution in [0.2, 0.25) is 5.02 Å². The van der Waals surface area contributed by atoms with Gasteiger partial charge in [0.05, 0.1) is 11.6 Å². The van der Waals surface area contributed by atoms with E-state index in [0.717, 1.165) is 16.7 Å². The third-order valence-electron chi connectivity index (χ3n) is 1.73. The lowest BCUT2D eigenvalue weighted by atomic mass is 9.90. The lowest BCUT2D eigenvalue weighted by molar-refractivity contribution is 1.49. The number of fused-ring (bicyclic) bond motifs is 1. The molecule has 1 aromatic carbocycles. The van der Waals surface area contributed by atoms with Gasteiger partial charge < -0.3 is 0 Å². The van der Waals surface area contributed by atoms with Crippen LogP contribution < -0.4 is 0 Å². The van der Waals surface area contributed by atoms with Gasteiger partial charge in [0.1, 0.15) is 0 Å². The number of allylic oxidation sites excluding steroid dienone is 1. The third-order valence-corrected chi connectivity index (χ3v) is 1.96. The van der Waals surface area contributed by atoms with E-state index in [1.165, 1.54) is 0 Å². The maximum Gasteiger partial charge on any atom is 0.0998 e. The van der Waals surface area contributed by atoms with Gasteiger partial charge in [-0.15, -0.1) is 0 Å². The van der Waals surface area contributed by atoms with Crippen LogP contribution in [-0.4, -0.2) is 0 Å². The van der Waals surface area contributed by atoms with Crippen molar-refractivity contribution in [2.75, 3.05) is 0 Å². The number of halogens is 1. The van der Waals surface area contributed by atoms with Crippen LogP contribution in [0.3, 0.4) is 0 Å². The molecule has 0 saturated heterocycles. The molecule has 0 unspecified atom stereocenters. The van der Waals surface area contributed by atoms with Crippen molar-refractivity contribution in [3.8, 4) is 6.07 Å². The number of benzene rings is 1. The Morgan fingerprint density at radius 3 is 2.91 bits per heavy atom. The van der Waals surface area contributed by atoms with Crippen molar-refractivity contribution < 1.29 is 0 Å². The molecule has 2 rings (SSSR count). The zero-order valence-corrected chi connectivity index (χ0v) is 6.39. The van der Waals surface area contributed by atoms with E-state index in [0.29, 0.717) is 5.02 Å². The number of nitrogens with zero attached hydrogens (tertiary/aromatic N) is 1. The maximum atomic E-state index is 8.56. The monoisotopic (exact) mass is 161 g/mol. The van der Waals surface area contributed by atoms with Crippen molar-refractivity contribution >= 4 is 23.3 Å². The summed E-state index contributed by atoms with van der Waals surface area (Å²) in [5.74, 6) is 0. The fourth-order valence-corrected chi connectivity index (χ4v) is 1.31. The first-order chi connectivity index (χ1) is 5.31. The number of hydrogen-bond donors (Lipinski definition) is 0. The normalized spacial score (nSPS) is 12.5. The van der Waals surface area contributed by atoms with E-state index in [-0.39, 0.29) is 0 Å². The molecule has 0 N–H and O–H groups in total. The first kappa shape index (κ1) is 6.45. The molecule has 0 aliphatic heterocycles. The summed E-state index contributed by atoms with van der Waals surface area (Å²) in [5, 5.41) is 9.25. The molecule has 0 spiro atoms. The number of hydrogen-bond acceptors (Lipinski definition) is 1. The zero-order valence-electron chi connectivity index (χ0n) is 5.63. The highest BCUT2D eigenvalue weighted by molar-refractivity contribution is 6.31. The molecule has 1 aliphatic carbocycles. The molecule has 0 fully saturated rings. The first-order valence-electron chi connectivity index (χ1n) is 3.23. The fourth-order valence-electron chi connectivity index (χ4n) is 1.14. The van der Waals surface area contributed by atoms with Crippen LogP contribution in [0.5, 0.6) is 0 Å². The largest absolute Gasteiger partial charge is 0.192 e. The minimum absolute atomic E-state index is 0.685. The summed E-state index contributed by atoms with van der Waals surface area (Å²) in [5.41, 5.74) is 2.80. The van der Waals surface area contributed by atoms with E-state index in [1.54, 1.807) is 0 Å². The van der Waals surface area contributed by atoms with Gasteiger partial charge in [0.2, 0.25) is 0 Å². The van der Waals surface area contributed by atoms with E-state index in [9.17, 15) is 0 Å². The second-order valence-corrected chi connectivity index (χ2v) is 2.84. The zero-order chi connectivity index (χ0) is 7.84. The Morgan fingerprint density at radius 2 is 2.18 bits per heavy atom. The Kier molecular flexibility index (Phi) is 1.24. The Labute approximate surface area is 69.5 Å². The maximum absolute atomic E-state index is 8.56. The first-order valence-corrected chi connectivity index (χ1v) is 3.61. The van der Waals surface area contributed by atoms with E-state index in [1.807, 2.05) is 24.3 Å². The smallest absolute Gasteiger partial charge is 0.0998 e. The molecule has 0 heterocycles. The summed E-state index contributed by atoms with van der Waals surface area (Å²) in [6, 6.07) is 7.64. The Hall–Kier alpha value is -1.26. The van der Waals surface area contributed by atoms with Gasteiger partial charge in [0.25, 0.3) is 0 Å². The van der Waals surface area contributed by atoms with Crippen LogP contribution in [0.4, 0.5) is 0 Å². The van der Waals surface area contributed by atoms with Gasteiger partial charge >= 0.3 is 0 Å². The molecule has 1 aliphatic rings. The molecule has 1 nitrogen and oxygen atoms in total. The van der Waals surface area contributed by atoms with Gasteiger partial charge in [-0.05, 0) is 23.8 Å². The summed E-state index contributed by atoms with van der Waals surface area (Å²) in [6.45, 7) is 0. The molecule has 0 amide bonds. The topological polar surface area (TPSA) is 23.8 Å². The van der Waals surface area contributed by atoms with E-state index in [4.69, 9.17) is 16.9 Å².